The van der Waals surface area contributed by atoms with Crippen molar-refractivity contribution in [1.82, 2.24) is 0 Å². The number of amides is 1. The highest BCUT2D eigenvalue weighted by Crippen LogP contribution is 2.22. The predicted molar refractivity (Wildman–Crippen MR) is 101 cm³/mol. The zero-order chi connectivity index (χ0) is 17.6. The number of nitrogens with one attached hydrogen (secondary N) is 1. The van der Waals surface area contributed by atoms with Gasteiger partial charge in [0.15, 0.2) is 0 Å². The molecule has 3 rings (SSSR count). The second-order valence-electron chi connectivity index (χ2n) is 6.09. The van der Waals surface area contributed by atoms with Crippen molar-refractivity contribution in [2.24, 2.45) is 0 Å². The molecular weight excluding hydrogens is 310 g/mol. The van der Waals surface area contributed by atoms with Gasteiger partial charge < -0.3 is 10.1 Å². The molecule has 0 aliphatic rings. The first-order chi connectivity index (χ1) is 12.1. The van der Waals surface area contributed by atoms with Crippen molar-refractivity contribution in [3.05, 3.63) is 89.5 Å². The molecule has 0 aliphatic heterocycles. The van der Waals surface area contributed by atoms with Crippen LogP contribution in [0.25, 0.3) is 0 Å². The van der Waals surface area contributed by atoms with Gasteiger partial charge in [-0.05, 0) is 61.4 Å². The Bertz CT molecular complexity index is 855. The first-order valence-corrected chi connectivity index (χ1v) is 8.29. The number of hydrogen-bond acceptors (Lipinski definition) is 2. The minimum atomic E-state index is -0.0228. The fourth-order valence-corrected chi connectivity index (χ4v) is 2.60. The van der Waals surface area contributed by atoms with Crippen LogP contribution in [0.4, 0.5) is 5.69 Å². The standard InChI is InChI=1S/C22H21NO2/c1-16-8-9-17(2)18(14-16)15-22(24)23-19-10-12-21(13-11-19)25-20-6-4-3-5-7-20/h3-14H,15H2,1-2H3,(H,23,24). The van der Waals surface area contributed by atoms with Crippen molar-refractivity contribution < 1.29 is 9.53 Å². The molecule has 126 valence electrons. The van der Waals surface area contributed by atoms with E-state index in [2.05, 4.69) is 17.4 Å². The van der Waals surface area contributed by atoms with E-state index in [9.17, 15) is 4.79 Å². The third-order valence-electron chi connectivity index (χ3n) is 3.97. The summed E-state index contributed by atoms with van der Waals surface area (Å²) >= 11 is 0. The summed E-state index contributed by atoms with van der Waals surface area (Å²) in [6.45, 7) is 4.06. The second-order valence-corrected chi connectivity index (χ2v) is 6.09. The number of para-hydroxylation sites is 1. The Morgan fingerprint density at radius 1 is 0.880 bits per heavy atom. The van der Waals surface area contributed by atoms with Crippen LogP contribution in [0.2, 0.25) is 0 Å². The number of aryl methyl sites for hydroxylation is 2. The maximum atomic E-state index is 12.3. The highest BCUT2D eigenvalue weighted by molar-refractivity contribution is 5.92. The van der Waals surface area contributed by atoms with Crippen LogP contribution in [-0.4, -0.2) is 5.91 Å². The quantitative estimate of drug-likeness (QED) is 0.691. The Labute approximate surface area is 148 Å². The van der Waals surface area contributed by atoms with E-state index < -0.39 is 0 Å². The van der Waals surface area contributed by atoms with E-state index in [1.54, 1.807) is 0 Å². The number of carbonyl (C=O) groups is 1. The summed E-state index contributed by atoms with van der Waals surface area (Å²) in [6.07, 6.45) is 0.371. The topological polar surface area (TPSA) is 38.3 Å². The van der Waals surface area contributed by atoms with Gasteiger partial charge in [0, 0.05) is 5.69 Å². The van der Waals surface area contributed by atoms with Crippen LogP contribution >= 0.6 is 0 Å². The summed E-state index contributed by atoms with van der Waals surface area (Å²) in [7, 11) is 0. The lowest BCUT2D eigenvalue weighted by atomic mass is 10.0. The van der Waals surface area contributed by atoms with Gasteiger partial charge in [0.2, 0.25) is 5.91 Å². The van der Waals surface area contributed by atoms with E-state index in [1.165, 1.54) is 0 Å². The number of hydrogen-bond donors (Lipinski definition) is 1. The van der Waals surface area contributed by atoms with Crippen LogP contribution in [0.15, 0.2) is 72.8 Å². The normalized spacial score (nSPS) is 10.3. The third kappa shape index (κ3) is 4.70. The molecule has 3 heteroatoms. The van der Waals surface area contributed by atoms with Gasteiger partial charge in [0.1, 0.15) is 11.5 Å². The monoisotopic (exact) mass is 331 g/mol. The maximum Gasteiger partial charge on any atom is 0.228 e. The Hall–Kier alpha value is -3.07. The fourth-order valence-electron chi connectivity index (χ4n) is 2.60. The Kier molecular flexibility index (Phi) is 5.14. The molecule has 0 heterocycles. The molecule has 0 atom stereocenters. The molecule has 3 aromatic carbocycles. The minimum absolute atomic E-state index is 0.0228. The van der Waals surface area contributed by atoms with E-state index in [-0.39, 0.29) is 5.91 Å². The van der Waals surface area contributed by atoms with Gasteiger partial charge in [-0.2, -0.15) is 0 Å². The number of benzene rings is 3. The van der Waals surface area contributed by atoms with E-state index in [0.29, 0.717) is 6.42 Å². The average Bonchev–Trinajstić information content (AvgIpc) is 2.61. The molecular formula is C22H21NO2. The number of rotatable bonds is 5. The zero-order valence-corrected chi connectivity index (χ0v) is 14.5. The minimum Gasteiger partial charge on any atom is -0.457 e. The van der Waals surface area contributed by atoms with Gasteiger partial charge in [-0.3, -0.25) is 4.79 Å². The van der Waals surface area contributed by atoms with Crippen molar-refractivity contribution in [3.8, 4) is 11.5 Å². The molecule has 0 fully saturated rings. The molecule has 3 nitrogen and oxygen atoms in total. The molecule has 0 spiro atoms. The van der Waals surface area contributed by atoms with Gasteiger partial charge in [0.05, 0.1) is 6.42 Å². The maximum absolute atomic E-state index is 12.3. The molecule has 25 heavy (non-hydrogen) atoms. The largest absolute Gasteiger partial charge is 0.457 e. The molecule has 0 saturated carbocycles. The highest BCUT2D eigenvalue weighted by Gasteiger charge is 2.07. The summed E-state index contributed by atoms with van der Waals surface area (Å²) in [6, 6.07) is 23.2. The van der Waals surface area contributed by atoms with Crippen LogP contribution in [0.3, 0.4) is 0 Å². The van der Waals surface area contributed by atoms with Crippen LogP contribution in [-0.2, 0) is 11.2 Å². The van der Waals surface area contributed by atoms with Crippen LogP contribution in [0.5, 0.6) is 11.5 Å². The van der Waals surface area contributed by atoms with Gasteiger partial charge in [-0.15, -0.1) is 0 Å². The lowest BCUT2D eigenvalue weighted by Crippen LogP contribution is -2.15. The molecule has 0 bridgehead atoms. The number of anilines is 1. The lowest BCUT2D eigenvalue weighted by Gasteiger charge is -2.10. The summed E-state index contributed by atoms with van der Waals surface area (Å²) in [5, 5.41) is 2.93. The molecule has 0 unspecified atom stereocenters. The third-order valence-corrected chi connectivity index (χ3v) is 3.97. The van der Waals surface area contributed by atoms with E-state index in [4.69, 9.17) is 4.74 Å². The van der Waals surface area contributed by atoms with Crippen molar-refractivity contribution >= 4 is 11.6 Å². The van der Waals surface area contributed by atoms with Crippen LogP contribution in [0.1, 0.15) is 16.7 Å². The Morgan fingerprint density at radius 2 is 1.56 bits per heavy atom. The summed E-state index contributed by atoms with van der Waals surface area (Å²) < 4.78 is 5.75. The smallest absolute Gasteiger partial charge is 0.228 e. The average molecular weight is 331 g/mol. The van der Waals surface area contributed by atoms with E-state index in [1.807, 2.05) is 74.5 Å². The Balaban J connectivity index is 1.61. The molecule has 3 aromatic rings. The molecule has 0 aromatic heterocycles. The predicted octanol–water partition coefficient (Wildman–Crippen LogP) is 5.28. The zero-order valence-electron chi connectivity index (χ0n) is 14.5. The van der Waals surface area contributed by atoms with Crippen molar-refractivity contribution in [3.63, 3.8) is 0 Å². The molecule has 0 radical (unpaired) electrons. The first kappa shape index (κ1) is 16.8. The molecule has 1 amide bonds. The van der Waals surface area contributed by atoms with Gasteiger partial charge >= 0.3 is 0 Å². The van der Waals surface area contributed by atoms with Crippen molar-refractivity contribution in [2.45, 2.75) is 20.3 Å². The van der Waals surface area contributed by atoms with Gasteiger partial charge in [-0.1, -0.05) is 42.0 Å². The van der Waals surface area contributed by atoms with E-state index >= 15 is 0 Å². The van der Waals surface area contributed by atoms with Crippen LogP contribution < -0.4 is 10.1 Å². The second kappa shape index (κ2) is 7.67. The Morgan fingerprint density at radius 3 is 2.28 bits per heavy atom. The van der Waals surface area contributed by atoms with Crippen molar-refractivity contribution in [2.75, 3.05) is 5.32 Å². The SMILES string of the molecule is Cc1ccc(C)c(CC(=O)Nc2ccc(Oc3ccccc3)cc2)c1. The van der Waals surface area contributed by atoms with Gasteiger partial charge in [0.25, 0.3) is 0 Å². The summed E-state index contributed by atoms with van der Waals surface area (Å²) in [5.74, 6) is 1.50. The summed E-state index contributed by atoms with van der Waals surface area (Å²) in [5.41, 5.74) is 4.11. The highest BCUT2D eigenvalue weighted by atomic mass is 16.5. The number of carbonyl (C=O) groups excluding carboxylic acids is 1. The first-order valence-electron chi connectivity index (χ1n) is 8.29. The molecule has 1 N–H and O–H groups in total. The molecule has 0 saturated heterocycles. The van der Waals surface area contributed by atoms with E-state index in [0.717, 1.165) is 33.9 Å². The molecule has 0 aliphatic carbocycles. The number of ether oxygens (including phenoxy) is 1. The van der Waals surface area contributed by atoms with Crippen LogP contribution in [0, 0.1) is 13.8 Å². The van der Waals surface area contributed by atoms with Crippen molar-refractivity contribution in [1.29, 1.82) is 0 Å². The summed E-state index contributed by atoms with van der Waals surface area (Å²) in [4.78, 5) is 12.3. The lowest BCUT2D eigenvalue weighted by molar-refractivity contribution is -0.115. The fraction of sp³-hybridized carbons (Fsp3) is 0.136. The van der Waals surface area contributed by atoms with Gasteiger partial charge in [-0.25, -0.2) is 0 Å².